The molecular formula is C26H41N3O7S2. The van der Waals surface area contributed by atoms with Crippen molar-refractivity contribution in [2.75, 3.05) is 32.0 Å². The molecule has 10 nitrogen and oxygen atoms in total. The van der Waals surface area contributed by atoms with Crippen molar-refractivity contribution in [3.05, 3.63) is 22.4 Å². The van der Waals surface area contributed by atoms with Crippen molar-refractivity contribution in [1.82, 2.24) is 15.5 Å². The summed E-state index contributed by atoms with van der Waals surface area (Å²) in [5.41, 5.74) is -0.536. The van der Waals surface area contributed by atoms with Gasteiger partial charge in [-0.1, -0.05) is 25.3 Å². The van der Waals surface area contributed by atoms with E-state index in [-0.39, 0.29) is 24.3 Å². The molecule has 0 aliphatic carbocycles. The summed E-state index contributed by atoms with van der Waals surface area (Å²) < 4.78 is 10.5. The lowest BCUT2D eigenvalue weighted by atomic mass is 10.1. The van der Waals surface area contributed by atoms with E-state index in [1.807, 2.05) is 38.3 Å². The molecule has 38 heavy (non-hydrogen) atoms. The summed E-state index contributed by atoms with van der Waals surface area (Å²) >= 11 is 3.17. The van der Waals surface area contributed by atoms with Gasteiger partial charge >= 0.3 is 18.0 Å². The van der Waals surface area contributed by atoms with E-state index in [0.29, 0.717) is 25.3 Å². The lowest BCUT2D eigenvalue weighted by Gasteiger charge is -2.26. The molecule has 12 heteroatoms. The minimum absolute atomic E-state index is 0.0274. The molecule has 2 heterocycles. The second-order valence-corrected chi connectivity index (χ2v) is 12.3. The molecule has 0 bridgehead atoms. The predicted molar refractivity (Wildman–Crippen MR) is 148 cm³/mol. The van der Waals surface area contributed by atoms with Crippen LogP contribution in [0.25, 0.3) is 0 Å². The van der Waals surface area contributed by atoms with Crippen LogP contribution in [-0.4, -0.2) is 83.6 Å². The van der Waals surface area contributed by atoms with Crippen molar-refractivity contribution >= 4 is 47.0 Å². The first kappa shape index (κ1) is 31.9. The SMILES string of the molecule is CCOC(=O)[C@@H](CCCCCCNC(=O)OC(C)(C)C)NC1CSC(c2cccs2)CN(CC(=O)O)C1=O. The molecule has 0 radical (unpaired) electrons. The number of amides is 2. The van der Waals surface area contributed by atoms with Gasteiger partial charge in [0.1, 0.15) is 18.2 Å². The summed E-state index contributed by atoms with van der Waals surface area (Å²) in [7, 11) is 0. The number of thiophene rings is 1. The average Bonchev–Trinajstić information content (AvgIpc) is 3.31. The molecule has 1 fully saturated rings. The Balaban J connectivity index is 1.91. The van der Waals surface area contributed by atoms with Crippen LogP contribution >= 0.6 is 23.1 Å². The van der Waals surface area contributed by atoms with Crippen molar-refractivity contribution < 1.29 is 33.8 Å². The van der Waals surface area contributed by atoms with Crippen molar-refractivity contribution in [2.24, 2.45) is 0 Å². The molecule has 0 spiro atoms. The van der Waals surface area contributed by atoms with Crippen LogP contribution in [0.1, 0.15) is 69.9 Å². The minimum atomic E-state index is -1.07. The van der Waals surface area contributed by atoms with Crippen molar-refractivity contribution in [3.63, 3.8) is 0 Å². The highest BCUT2D eigenvalue weighted by Crippen LogP contribution is 2.35. The summed E-state index contributed by atoms with van der Waals surface area (Å²) in [6.45, 7) is 7.82. The molecule has 1 aromatic rings. The van der Waals surface area contributed by atoms with Crippen molar-refractivity contribution in [1.29, 1.82) is 0 Å². The van der Waals surface area contributed by atoms with Gasteiger partial charge in [-0.05, 0) is 52.0 Å². The maximum Gasteiger partial charge on any atom is 0.407 e. The largest absolute Gasteiger partial charge is 0.480 e. The number of hydrogen-bond acceptors (Lipinski definition) is 9. The summed E-state index contributed by atoms with van der Waals surface area (Å²) in [6, 6.07) is 2.56. The topological polar surface area (TPSA) is 134 Å². The highest BCUT2D eigenvalue weighted by atomic mass is 32.2. The van der Waals surface area contributed by atoms with E-state index in [9.17, 15) is 24.3 Å². The maximum absolute atomic E-state index is 13.3. The number of carbonyl (C=O) groups excluding carboxylic acids is 3. The molecule has 1 aliphatic rings. The second kappa shape index (κ2) is 15.9. The molecule has 2 rings (SSSR count). The van der Waals surface area contributed by atoms with Gasteiger partial charge in [0.05, 0.1) is 17.9 Å². The monoisotopic (exact) mass is 571 g/mol. The number of nitrogens with zero attached hydrogens (tertiary/aromatic N) is 1. The first-order valence-corrected chi connectivity index (χ1v) is 15.0. The molecule has 2 amide bonds. The van der Waals surface area contributed by atoms with Crippen LogP contribution in [0, 0.1) is 0 Å². The summed E-state index contributed by atoms with van der Waals surface area (Å²) in [5.74, 6) is -1.39. The number of carbonyl (C=O) groups is 4. The number of esters is 1. The molecule has 2 unspecified atom stereocenters. The number of nitrogens with one attached hydrogen (secondary N) is 2. The van der Waals surface area contributed by atoms with Crippen LogP contribution in [0.15, 0.2) is 17.5 Å². The summed E-state index contributed by atoms with van der Waals surface area (Å²) in [5, 5.41) is 17.2. The van der Waals surface area contributed by atoms with Crippen LogP contribution in [-0.2, 0) is 23.9 Å². The van der Waals surface area contributed by atoms with Crippen LogP contribution in [0.5, 0.6) is 0 Å². The number of thioether (sulfide) groups is 1. The van der Waals surface area contributed by atoms with Gasteiger partial charge in [-0.2, -0.15) is 0 Å². The Morgan fingerprint density at radius 2 is 1.95 bits per heavy atom. The van der Waals surface area contributed by atoms with E-state index < -0.39 is 35.7 Å². The van der Waals surface area contributed by atoms with Crippen LogP contribution < -0.4 is 10.6 Å². The molecule has 3 N–H and O–H groups in total. The van der Waals surface area contributed by atoms with Gasteiger partial charge in [0.25, 0.3) is 0 Å². The van der Waals surface area contributed by atoms with E-state index in [1.165, 1.54) is 4.90 Å². The molecule has 214 valence electrons. The fourth-order valence-electron chi connectivity index (χ4n) is 4.01. The molecule has 3 atom stereocenters. The van der Waals surface area contributed by atoms with Crippen LogP contribution in [0.2, 0.25) is 0 Å². The highest BCUT2D eigenvalue weighted by molar-refractivity contribution is 7.99. The highest BCUT2D eigenvalue weighted by Gasteiger charge is 2.36. The van der Waals surface area contributed by atoms with E-state index in [2.05, 4.69) is 10.6 Å². The van der Waals surface area contributed by atoms with Crippen LogP contribution in [0.4, 0.5) is 4.79 Å². The molecule has 1 aromatic heterocycles. The van der Waals surface area contributed by atoms with Gasteiger partial charge in [0.2, 0.25) is 5.91 Å². The van der Waals surface area contributed by atoms with Gasteiger partial charge < -0.3 is 24.8 Å². The number of carboxylic acid groups (broad SMARTS) is 1. The number of aliphatic carboxylic acids is 1. The van der Waals surface area contributed by atoms with E-state index >= 15 is 0 Å². The zero-order valence-electron chi connectivity index (χ0n) is 22.7. The van der Waals surface area contributed by atoms with Crippen molar-refractivity contribution in [3.8, 4) is 0 Å². The zero-order valence-corrected chi connectivity index (χ0v) is 24.3. The predicted octanol–water partition coefficient (Wildman–Crippen LogP) is 3.81. The number of hydrogen-bond donors (Lipinski definition) is 3. The lowest BCUT2D eigenvalue weighted by molar-refractivity contribution is -0.148. The first-order chi connectivity index (χ1) is 18.0. The van der Waals surface area contributed by atoms with Gasteiger partial charge in [-0.15, -0.1) is 23.1 Å². The van der Waals surface area contributed by atoms with E-state index in [4.69, 9.17) is 9.47 Å². The number of alkyl carbamates (subject to hydrolysis) is 1. The third-order valence-electron chi connectivity index (χ3n) is 5.71. The standard InChI is InChI=1S/C26H41N3O7S2/c1-5-35-24(33)18(11-8-6-7-9-13-27-25(34)36-26(2,3)4)28-19-17-38-21(20-12-10-14-37-20)15-29(23(19)32)16-22(30)31/h10,12,14,18-19,21,28H,5-9,11,13,15-17H2,1-4H3,(H,27,34)(H,30,31)/t18-,19?,21?/m1/s1. The smallest absolute Gasteiger partial charge is 0.407 e. The zero-order chi connectivity index (χ0) is 28.1. The quantitative estimate of drug-likeness (QED) is 0.225. The third-order valence-corrected chi connectivity index (χ3v) is 8.17. The van der Waals surface area contributed by atoms with Gasteiger partial charge in [-0.25, -0.2) is 4.79 Å². The molecule has 0 saturated carbocycles. The van der Waals surface area contributed by atoms with Gasteiger partial charge in [0, 0.05) is 23.7 Å². The van der Waals surface area contributed by atoms with Gasteiger partial charge in [-0.3, -0.25) is 19.7 Å². The first-order valence-electron chi connectivity index (χ1n) is 13.0. The number of rotatable bonds is 14. The van der Waals surface area contributed by atoms with E-state index in [1.54, 1.807) is 30.0 Å². The Labute approximate surface area is 233 Å². The lowest BCUT2D eigenvalue weighted by Crippen LogP contribution is -2.53. The van der Waals surface area contributed by atoms with Crippen LogP contribution in [0.3, 0.4) is 0 Å². The molecule has 1 aliphatic heterocycles. The normalized spacial score (nSPS) is 18.9. The minimum Gasteiger partial charge on any atom is -0.480 e. The molecular weight excluding hydrogens is 530 g/mol. The summed E-state index contributed by atoms with van der Waals surface area (Å²) in [6.07, 6.45) is 3.26. The molecule has 1 saturated heterocycles. The van der Waals surface area contributed by atoms with Gasteiger partial charge in [0.15, 0.2) is 0 Å². The maximum atomic E-state index is 13.3. The fraction of sp³-hybridized carbons (Fsp3) is 0.692. The Bertz CT molecular complexity index is 905. The Morgan fingerprint density at radius 1 is 1.21 bits per heavy atom. The van der Waals surface area contributed by atoms with Crippen molar-refractivity contribution in [2.45, 2.75) is 82.7 Å². The van der Waals surface area contributed by atoms with E-state index in [0.717, 1.165) is 30.6 Å². The third kappa shape index (κ3) is 11.6. The Kier molecular flexibility index (Phi) is 13.4. The summed E-state index contributed by atoms with van der Waals surface area (Å²) in [4.78, 5) is 51.6. The fourth-order valence-corrected chi connectivity index (χ4v) is 6.27. The Morgan fingerprint density at radius 3 is 2.58 bits per heavy atom. The Hall–Kier alpha value is -2.31. The second-order valence-electron chi connectivity index (χ2n) is 10.1. The molecule has 0 aromatic carbocycles. The average molecular weight is 572 g/mol. The number of carboxylic acids is 1. The number of ether oxygens (including phenoxy) is 2. The number of unbranched alkanes of at least 4 members (excludes halogenated alkanes) is 3.